The van der Waals surface area contributed by atoms with Crippen LogP contribution in [0.2, 0.25) is 0 Å². The van der Waals surface area contributed by atoms with Crippen molar-refractivity contribution in [2.45, 2.75) is 30.7 Å². The van der Waals surface area contributed by atoms with Crippen LogP contribution in [-0.4, -0.2) is 21.7 Å². The van der Waals surface area contributed by atoms with Gasteiger partial charge in [0.25, 0.3) is 0 Å². The third-order valence-corrected chi connectivity index (χ3v) is 6.42. The Bertz CT molecular complexity index is 1250. The fourth-order valence-electron chi connectivity index (χ4n) is 3.52. The number of rotatable bonds is 8. The summed E-state index contributed by atoms with van der Waals surface area (Å²) in [4.78, 5) is 33.2. The van der Waals surface area contributed by atoms with Crippen molar-refractivity contribution in [1.29, 1.82) is 0 Å². The second kappa shape index (κ2) is 10.3. The Labute approximate surface area is 197 Å². The third-order valence-electron chi connectivity index (χ3n) is 5.28. The van der Waals surface area contributed by atoms with Gasteiger partial charge in [0.15, 0.2) is 10.9 Å². The molecule has 0 radical (unpaired) electrons. The Morgan fingerprint density at radius 2 is 1.67 bits per heavy atom. The Morgan fingerprint density at radius 1 is 0.970 bits per heavy atom. The van der Waals surface area contributed by atoms with Gasteiger partial charge in [0, 0.05) is 23.4 Å². The number of nitrogens with one attached hydrogen (secondary N) is 2. The molecule has 0 fully saturated rings. The largest absolute Gasteiger partial charge is 0.337 e. The van der Waals surface area contributed by atoms with Crippen LogP contribution in [0.1, 0.15) is 45.0 Å². The summed E-state index contributed by atoms with van der Waals surface area (Å²) in [5.41, 5.74) is 5.17. The van der Waals surface area contributed by atoms with E-state index in [1.165, 1.54) is 24.2 Å². The molecule has 1 aromatic heterocycles. The highest BCUT2D eigenvalue weighted by Gasteiger charge is 2.24. The first-order valence-electron chi connectivity index (χ1n) is 10.7. The van der Waals surface area contributed by atoms with Crippen molar-refractivity contribution in [3.63, 3.8) is 0 Å². The van der Waals surface area contributed by atoms with Crippen LogP contribution in [0.4, 0.5) is 5.69 Å². The molecule has 33 heavy (non-hydrogen) atoms. The zero-order valence-corrected chi connectivity index (χ0v) is 19.4. The summed E-state index contributed by atoms with van der Waals surface area (Å²) >= 11 is 1.38. The number of benzene rings is 3. The molecule has 0 spiro atoms. The van der Waals surface area contributed by atoms with Crippen molar-refractivity contribution < 1.29 is 9.59 Å². The molecule has 0 aliphatic carbocycles. The minimum absolute atomic E-state index is 0.0444. The van der Waals surface area contributed by atoms with E-state index in [4.69, 9.17) is 4.98 Å². The molecule has 2 N–H and O–H groups in total. The molecule has 1 heterocycles. The van der Waals surface area contributed by atoms with E-state index >= 15 is 0 Å². The number of hydrogen-bond acceptors (Lipinski definition) is 4. The lowest BCUT2D eigenvalue weighted by Crippen LogP contribution is -2.19. The Balaban J connectivity index is 1.57. The summed E-state index contributed by atoms with van der Waals surface area (Å²) in [6.07, 6.45) is 0.726. The average molecular weight is 456 g/mol. The number of hydrogen-bond donors (Lipinski definition) is 2. The molecule has 0 aliphatic heterocycles. The van der Waals surface area contributed by atoms with Crippen molar-refractivity contribution in [3.05, 3.63) is 113 Å². The van der Waals surface area contributed by atoms with Crippen LogP contribution in [0.5, 0.6) is 0 Å². The van der Waals surface area contributed by atoms with E-state index in [1.807, 2.05) is 55.5 Å². The molecule has 166 valence electrons. The van der Waals surface area contributed by atoms with Crippen molar-refractivity contribution in [2.75, 3.05) is 5.32 Å². The van der Waals surface area contributed by atoms with E-state index in [9.17, 15) is 9.59 Å². The minimum atomic E-state index is -0.512. The van der Waals surface area contributed by atoms with Gasteiger partial charge in [-0.1, -0.05) is 84.6 Å². The summed E-state index contributed by atoms with van der Waals surface area (Å²) < 4.78 is 0. The van der Waals surface area contributed by atoms with Crippen LogP contribution in [0, 0.1) is 6.92 Å². The number of ketones is 1. The molecule has 0 bridgehead atoms. The monoisotopic (exact) mass is 455 g/mol. The molecule has 0 saturated carbocycles. The van der Waals surface area contributed by atoms with Crippen LogP contribution in [-0.2, 0) is 11.2 Å². The zero-order chi connectivity index (χ0) is 23.2. The number of H-pyrrole nitrogens is 1. The summed E-state index contributed by atoms with van der Waals surface area (Å²) in [5, 5.41) is 3.15. The van der Waals surface area contributed by atoms with Gasteiger partial charge in [0.05, 0.1) is 5.69 Å². The molecule has 1 unspecified atom stereocenters. The first kappa shape index (κ1) is 22.6. The highest BCUT2D eigenvalue weighted by molar-refractivity contribution is 8.00. The number of anilines is 1. The molecule has 0 aliphatic rings. The summed E-state index contributed by atoms with van der Waals surface area (Å²) in [7, 11) is 0. The SMILES string of the molecule is CC(=O)c1cccc(NC(=O)C(Sc2nc(Cc3ccccc3)c(C)[nH]2)c2ccccc2)c1. The lowest BCUT2D eigenvalue weighted by molar-refractivity contribution is -0.115. The van der Waals surface area contributed by atoms with Crippen molar-refractivity contribution in [1.82, 2.24) is 9.97 Å². The molecule has 4 rings (SSSR count). The predicted octanol–water partition coefficient (Wildman–Crippen LogP) is 5.98. The van der Waals surface area contributed by atoms with Gasteiger partial charge >= 0.3 is 0 Å². The maximum Gasteiger partial charge on any atom is 0.242 e. The normalized spacial score (nSPS) is 11.7. The van der Waals surface area contributed by atoms with E-state index in [0.29, 0.717) is 16.4 Å². The van der Waals surface area contributed by atoms with E-state index < -0.39 is 5.25 Å². The van der Waals surface area contributed by atoms with Crippen molar-refractivity contribution in [2.24, 2.45) is 0 Å². The van der Waals surface area contributed by atoms with Gasteiger partial charge < -0.3 is 10.3 Å². The first-order chi connectivity index (χ1) is 16.0. The third kappa shape index (κ3) is 5.79. The number of imidazole rings is 1. The van der Waals surface area contributed by atoms with Gasteiger partial charge in [-0.15, -0.1) is 0 Å². The molecule has 1 amide bonds. The number of aryl methyl sites for hydroxylation is 1. The lowest BCUT2D eigenvalue weighted by atomic mass is 10.1. The van der Waals surface area contributed by atoms with Gasteiger partial charge in [-0.05, 0) is 37.1 Å². The quantitative estimate of drug-likeness (QED) is 0.253. The Hall–Kier alpha value is -3.64. The van der Waals surface area contributed by atoms with E-state index in [2.05, 4.69) is 22.4 Å². The molecule has 5 nitrogen and oxygen atoms in total. The fourth-order valence-corrected chi connectivity index (χ4v) is 4.58. The van der Waals surface area contributed by atoms with Gasteiger partial charge in [-0.2, -0.15) is 0 Å². The lowest BCUT2D eigenvalue weighted by Gasteiger charge is -2.16. The Morgan fingerprint density at radius 3 is 2.36 bits per heavy atom. The van der Waals surface area contributed by atoms with E-state index in [1.54, 1.807) is 24.3 Å². The standard InChI is InChI=1S/C27H25N3O2S/c1-18-24(16-20-10-5-3-6-11-20)30-27(28-18)33-25(21-12-7-4-8-13-21)26(32)29-23-15-9-14-22(17-23)19(2)31/h3-15,17,25H,16H2,1-2H3,(H,28,30)(H,29,32). The maximum absolute atomic E-state index is 13.3. The first-order valence-corrected chi connectivity index (χ1v) is 11.6. The smallest absolute Gasteiger partial charge is 0.242 e. The van der Waals surface area contributed by atoms with E-state index in [-0.39, 0.29) is 11.7 Å². The second-order valence-corrected chi connectivity index (χ2v) is 8.90. The van der Waals surface area contributed by atoms with Gasteiger partial charge in [-0.25, -0.2) is 4.98 Å². The number of carbonyl (C=O) groups excluding carboxylic acids is 2. The number of thioether (sulfide) groups is 1. The maximum atomic E-state index is 13.3. The Kier molecular flexibility index (Phi) is 7.05. The van der Waals surface area contributed by atoms with Crippen LogP contribution in [0.25, 0.3) is 0 Å². The highest BCUT2D eigenvalue weighted by Crippen LogP contribution is 2.35. The van der Waals surface area contributed by atoms with Crippen molar-refractivity contribution >= 4 is 29.1 Å². The van der Waals surface area contributed by atoms with Gasteiger partial charge in [0.2, 0.25) is 5.91 Å². The molecular formula is C27H25N3O2S. The predicted molar refractivity (Wildman–Crippen MR) is 133 cm³/mol. The van der Waals surface area contributed by atoms with Crippen LogP contribution >= 0.6 is 11.8 Å². The molecule has 6 heteroatoms. The molecular weight excluding hydrogens is 430 g/mol. The van der Waals surface area contributed by atoms with Gasteiger partial charge in [-0.3, -0.25) is 9.59 Å². The van der Waals surface area contributed by atoms with Crippen LogP contribution < -0.4 is 5.32 Å². The number of nitrogens with zero attached hydrogens (tertiary/aromatic N) is 1. The fraction of sp³-hybridized carbons (Fsp3) is 0.148. The molecule has 3 aromatic carbocycles. The molecule has 1 atom stereocenters. The summed E-state index contributed by atoms with van der Waals surface area (Å²) in [5.74, 6) is -0.220. The highest BCUT2D eigenvalue weighted by atomic mass is 32.2. The van der Waals surface area contributed by atoms with E-state index in [0.717, 1.165) is 23.4 Å². The number of aromatic nitrogens is 2. The number of amides is 1. The topological polar surface area (TPSA) is 74.8 Å². The minimum Gasteiger partial charge on any atom is -0.337 e. The summed E-state index contributed by atoms with van der Waals surface area (Å²) in [6, 6.07) is 26.8. The number of carbonyl (C=O) groups is 2. The number of Topliss-reactive ketones (excluding diaryl/α,β-unsaturated/α-hetero) is 1. The van der Waals surface area contributed by atoms with Crippen molar-refractivity contribution in [3.8, 4) is 0 Å². The van der Waals surface area contributed by atoms with Crippen LogP contribution in [0.3, 0.4) is 0 Å². The second-order valence-electron chi connectivity index (χ2n) is 7.81. The average Bonchev–Trinajstić information content (AvgIpc) is 3.17. The molecule has 0 saturated heterocycles. The molecule has 4 aromatic rings. The summed E-state index contributed by atoms with van der Waals surface area (Å²) in [6.45, 7) is 3.51. The number of aromatic amines is 1. The van der Waals surface area contributed by atoms with Crippen LogP contribution in [0.15, 0.2) is 90.1 Å². The zero-order valence-electron chi connectivity index (χ0n) is 18.5. The van der Waals surface area contributed by atoms with Gasteiger partial charge in [0.1, 0.15) is 5.25 Å².